The van der Waals surface area contributed by atoms with E-state index in [-0.39, 0.29) is 0 Å². The molecule has 0 bridgehead atoms. The molecule has 1 saturated carbocycles. The van der Waals surface area contributed by atoms with Gasteiger partial charge in [-0.25, -0.2) is 0 Å². The van der Waals surface area contributed by atoms with Gasteiger partial charge in [-0.2, -0.15) is 0 Å². The molecule has 0 spiro atoms. The van der Waals surface area contributed by atoms with Crippen molar-refractivity contribution < 1.29 is 0 Å². The van der Waals surface area contributed by atoms with Gasteiger partial charge in [-0.3, -0.25) is 0 Å². The van der Waals surface area contributed by atoms with Gasteiger partial charge >= 0.3 is 0 Å². The van der Waals surface area contributed by atoms with Crippen LogP contribution in [0, 0.1) is 5.92 Å². The summed E-state index contributed by atoms with van der Waals surface area (Å²) in [5, 5.41) is 0.392. The lowest BCUT2D eigenvalue weighted by Gasteiger charge is -2.22. The second-order valence-corrected chi connectivity index (χ2v) is 4.27. The van der Waals surface area contributed by atoms with Gasteiger partial charge in [-0.05, 0) is 19.3 Å². The molecule has 10 heavy (non-hydrogen) atoms. The fraction of sp³-hybridized carbons (Fsp3) is 1.00. The fourth-order valence-corrected chi connectivity index (χ4v) is 2.13. The smallest absolute Gasteiger partial charge is 0.0310 e. The van der Waals surface area contributed by atoms with E-state index in [2.05, 4.69) is 6.92 Å². The first-order valence-corrected chi connectivity index (χ1v) is 4.86. The molecule has 0 heterocycles. The highest BCUT2D eigenvalue weighted by Gasteiger charge is 2.14. The van der Waals surface area contributed by atoms with Gasteiger partial charge in [0.05, 0.1) is 0 Å². The lowest BCUT2D eigenvalue weighted by atomic mass is 9.86. The molecule has 0 aliphatic heterocycles. The Morgan fingerprint density at radius 1 is 1.30 bits per heavy atom. The number of halogens is 1. The van der Waals surface area contributed by atoms with Crippen LogP contribution >= 0.6 is 11.6 Å². The van der Waals surface area contributed by atoms with Crippen LogP contribution in [-0.2, 0) is 0 Å². The van der Waals surface area contributed by atoms with Crippen molar-refractivity contribution >= 4 is 11.6 Å². The summed E-state index contributed by atoms with van der Waals surface area (Å²) in [7, 11) is 0. The summed E-state index contributed by atoms with van der Waals surface area (Å²) < 4.78 is 0. The molecule has 1 rings (SSSR count). The van der Waals surface area contributed by atoms with E-state index >= 15 is 0 Å². The molecular weight excluding hydrogens is 144 g/mol. The van der Waals surface area contributed by atoms with Gasteiger partial charge in [-0.15, -0.1) is 11.6 Å². The van der Waals surface area contributed by atoms with Crippen LogP contribution in [0.3, 0.4) is 0 Å². The van der Waals surface area contributed by atoms with E-state index in [4.69, 9.17) is 11.6 Å². The molecule has 0 saturated heterocycles. The zero-order valence-electron chi connectivity index (χ0n) is 6.78. The second-order valence-electron chi connectivity index (χ2n) is 3.52. The second kappa shape index (κ2) is 4.23. The summed E-state index contributed by atoms with van der Waals surface area (Å²) >= 11 is 5.91. The Kier molecular flexibility index (Phi) is 3.55. The van der Waals surface area contributed by atoms with Gasteiger partial charge in [0.1, 0.15) is 0 Å². The molecule has 60 valence electrons. The molecule has 1 unspecified atom stereocenters. The van der Waals surface area contributed by atoms with Gasteiger partial charge in [-0.1, -0.05) is 32.1 Å². The van der Waals surface area contributed by atoms with Gasteiger partial charge in [0.2, 0.25) is 0 Å². The van der Waals surface area contributed by atoms with Crippen LogP contribution in [0.25, 0.3) is 0 Å². The largest absolute Gasteiger partial charge is 0.123 e. The number of rotatable bonds is 2. The number of alkyl halides is 1. The average Bonchev–Trinajstić information content (AvgIpc) is 1.88. The summed E-state index contributed by atoms with van der Waals surface area (Å²) in [6, 6.07) is 0. The first-order valence-electron chi connectivity index (χ1n) is 4.43. The summed E-state index contributed by atoms with van der Waals surface area (Å²) in [6.45, 7) is 2.11. The molecule has 1 aliphatic rings. The van der Waals surface area contributed by atoms with Gasteiger partial charge in [0, 0.05) is 5.38 Å². The molecule has 0 N–H and O–H groups in total. The standard InChI is InChI=1S/C9H17Cl/c1-8(10)7-9-5-3-2-4-6-9/h8-9H,2-7H2,1H3. The third-order valence-electron chi connectivity index (χ3n) is 2.38. The van der Waals surface area contributed by atoms with Crippen LogP contribution in [0.2, 0.25) is 0 Å². The highest BCUT2D eigenvalue weighted by atomic mass is 35.5. The zero-order valence-corrected chi connectivity index (χ0v) is 7.53. The first kappa shape index (κ1) is 8.39. The maximum Gasteiger partial charge on any atom is 0.0310 e. The van der Waals surface area contributed by atoms with Crippen LogP contribution in [-0.4, -0.2) is 5.38 Å². The lowest BCUT2D eigenvalue weighted by molar-refractivity contribution is 0.338. The number of hydrogen-bond donors (Lipinski definition) is 0. The molecule has 1 atom stereocenters. The SMILES string of the molecule is CC(Cl)CC1CCCCC1. The van der Waals surface area contributed by atoms with Crippen molar-refractivity contribution in [2.45, 2.75) is 50.8 Å². The van der Waals surface area contributed by atoms with E-state index < -0.39 is 0 Å². The minimum Gasteiger partial charge on any atom is -0.123 e. The van der Waals surface area contributed by atoms with Crippen LogP contribution in [0.4, 0.5) is 0 Å². The lowest BCUT2D eigenvalue weighted by Crippen LogP contribution is -2.09. The van der Waals surface area contributed by atoms with Crippen LogP contribution in [0.1, 0.15) is 45.4 Å². The molecule has 0 radical (unpaired) electrons. The first-order chi connectivity index (χ1) is 4.79. The zero-order chi connectivity index (χ0) is 7.40. The summed E-state index contributed by atoms with van der Waals surface area (Å²) in [6.07, 6.45) is 8.42. The van der Waals surface area contributed by atoms with Crippen molar-refractivity contribution in [2.75, 3.05) is 0 Å². The van der Waals surface area contributed by atoms with Crippen molar-refractivity contribution in [3.05, 3.63) is 0 Å². The molecule has 0 aromatic rings. The van der Waals surface area contributed by atoms with Crippen molar-refractivity contribution in [1.82, 2.24) is 0 Å². The fourth-order valence-electron chi connectivity index (χ4n) is 1.88. The van der Waals surface area contributed by atoms with Crippen molar-refractivity contribution in [2.24, 2.45) is 5.92 Å². The minimum absolute atomic E-state index is 0.392. The molecule has 1 aliphatic carbocycles. The van der Waals surface area contributed by atoms with Gasteiger partial charge in [0.25, 0.3) is 0 Å². The molecule has 0 nitrogen and oxygen atoms in total. The third kappa shape index (κ3) is 2.92. The molecule has 1 heteroatoms. The predicted molar refractivity (Wildman–Crippen MR) is 46.5 cm³/mol. The highest BCUT2D eigenvalue weighted by Crippen LogP contribution is 2.28. The highest BCUT2D eigenvalue weighted by molar-refractivity contribution is 6.20. The molecular formula is C9H17Cl. The average molecular weight is 161 g/mol. The van der Waals surface area contributed by atoms with Crippen LogP contribution in [0.15, 0.2) is 0 Å². The van der Waals surface area contributed by atoms with E-state index in [1.807, 2.05) is 0 Å². The topological polar surface area (TPSA) is 0 Å². The molecule has 0 aromatic carbocycles. The van der Waals surface area contributed by atoms with E-state index in [0.29, 0.717) is 5.38 Å². The quantitative estimate of drug-likeness (QED) is 0.542. The van der Waals surface area contributed by atoms with Gasteiger partial charge < -0.3 is 0 Å². The van der Waals surface area contributed by atoms with Crippen molar-refractivity contribution in [3.63, 3.8) is 0 Å². The molecule has 0 amide bonds. The Labute approximate surface area is 69.0 Å². The van der Waals surface area contributed by atoms with E-state index in [1.165, 1.54) is 38.5 Å². The number of hydrogen-bond acceptors (Lipinski definition) is 0. The van der Waals surface area contributed by atoms with Crippen molar-refractivity contribution in [1.29, 1.82) is 0 Å². The Morgan fingerprint density at radius 2 is 1.90 bits per heavy atom. The maximum atomic E-state index is 5.91. The molecule has 1 fully saturated rings. The Balaban J connectivity index is 2.13. The molecule has 0 aromatic heterocycles. The monoisotopic (exact) mass is 160 g/mol. The van der Waals surface area contributed by atoms with E-state index in [1.54, 1.807) is 0 Å². The van der Waals surface area contributed by atoms with E-state index in [9.17, 15) is 0 Å². The normalized spacial score (nSPS) is 24.6. The summed E-state index contributed by atoms with van der Waals surface area (Å²) in [4.78, 5) is 0. The minimum atomic E-state index is 0.392. The Bertz CT molecular complexity index is 82.7. The van der Waals surface area contributed by atoms with Gasteiger partial charge in [0.15, 0.2) is 0 Å². The van der Waals surface area contributed by atoms with Crippen molar-refractivity contribution in [3.8, 4) is 0 Å². The summed E-state index contributed by atoms with van der Waals surface area (Å²) in [5.41, 5.74) is 0. The van der Waals surface area contributed by atoms with E-state index in [0.717, 1.165) is 5.92 Å². The maximum absolute atomic E-state index is 5.91. The Hall–Kier alpha value is 0.290. The summed E-state index contributed by atoms with van der Waals surface area (Å²) in [5.74, 6) is 0.946. The third-order valence-corrected chi connectivity index (χ3v) is 2.56. The predicted octanol–water partition coefficient (Wildman–Crippen LogP) is 3.58. The van der Waals surface area contributed by atoms with Crippen LogP contribution < -0.4 is 0 Å². The Morgan fingerprint density at radius 3 is 2.40 bits per heavy atom. The van der Waals surface area contributed by atoms with Crippen LogP contribution in [0.5, 0.6) is 0 Å².